The number of rotatable bonds is 42. The van der Waals surface area contributed by atoms with Crippen LogP contribution in [0.5, 0.6) is 0 Å². The topological polar surface area (TPSA) is 112 Å². The first-order chi connectivity index (χ1) is 26.3. The molecule has 0 bridgehead atoms. The second-order valence-corrected chi connectivity index (χ2v) is 16.2. The molecule has 0 aromatic rings. The van der Waals surface area contributed by atoms with Gasteiger partial charge in [0.15, 0.2) is 0 Å². The minimum Gasteiger partial charge on any atom is -0.481 e. The van der Waals surface area contributed by atoms with E-state index in [0.29, 0.717) is 19.3 Å². The fourth-order valence-electron chi connectivity index (χ4n) is 6.88. The number of carbonyl (C=O) groups is 3. The van der Waals surface area contributed by atoms with E-state index in [1.807, 2.05) is 0 Å². The Hall–Kier alpha value is -0.850. The van der Waals surface area contributed by atoms with Crippen molar-refractivity contribution in [3.8, 4) is 0 Å². The molecular weight excluding hydrogens is 869 g/mol. The second kappa shape index (κ2) is 57.5. The Morgan fingerprint density at radius 2 is 0.345 bits per heavy atom. The van der Waals surface area contributed by atoms with E-state index in [1.165, 1.54) is 212 Å². The zero-order valence-corrected chi connectivity index (χ0v) is 39.2. The summed E-state index contributed by atoms with van der Waals surface area (Å²) in [6.45, 7) is 6.78. The minimum atomic E-state index is -0.655. The van der Waals surface area contributed by atoms with Gasteiger partial charge >= 0.3 is 17.9 Å². The molecule has 0 amide bonds. The summed E-state index contributed by atoms with van der Waals surface area (Å²) >= 11 is 0. The Bertz CT molecular complexity index is 636. The Kier molecular flexibility index (Phi) is 63.6. The van der Waals surface area contributed by atoms with Gasteiger partial charge in [0.1, 0.15) is 0 Å². The molecule has 0 rings (SSSR count). The van der Waals surface area contributed by atoms with Crippen LogP contribution in [0.1, 0.15) is 290 Å². The van der Waals surface area contributed by atoms with Crippen LogP contribution in [0.4, 0.5) is 0 Å². The van der Waals surface area contributed by atoms with Crippen LogP contribution in [0, 0.1) is 0 Å². The number of hydrogen-bond donors (Lipinski definition) is 3. The third kappa shape index (κ3) is 71.3. The molecule has 0 atom stereocenters. The Morgan fingerprint density at radius 3 is 0.455 bits per heavy atom. The fraction of sp³-hybridized carbons (Fsp3) is 0.938. The van der Waals surface area contributed by atoms with Crippen molar-refractivity contribution < 1.29 is 52.1 Å². The van der Waals surface area contributed by atoms with Gasteiger partial charge in [-0.15, -0.1) is 0 Å². The molecule has 0 saturated carbocycles. The van der Waals surface area contributed by atoms with Gasteiger partial charge in [-0.25, -0.2) is 0 Å². The molecule has 335 valence electrons. The predicted octanol–water partition coefficient (Wildman–Crippen LogP) is 16.7. The molecule has 0 aliphatic carbocycles. The summed E-state index contributed by atoms with van der Waals surface area (Å²) in [4.78, 5) is 30.9. The van der Waals surface area contributed by atoms with Gasteiger partial charge in [0.25, 0.3) is 0 Å². The van der Waals surface area contributed by atoms with Gasteiger partial charge in [0, 0.05) is 41.6 Å². The maximum absolute atomic E-state index is 10.3. The van der Waals surface area contributed by atoms with Crippen LogP contribution in [0.25, 0.3) is 0 Å². The van der Waals surface area contributed by atoms with Crippen LogP contribution >= 0.6 is 0 Å². The van der Waals surface area contributed by atoms with E-state index in [-0.39, 0.29) is 22.4 Å². The second-order valence-electron chi connectivity index (χ2n) is 16.2. The molecule has 0 heterocycles. The summed E-state index contributed by atoms with van der Waals surface area (Å²) < 4.78 is 0. The molecule has 7 heteroatoms. The molecule has 0 aromatic carbocycles. The van der Waals surface area contributed by atoms with Crippen LogP contribution in [0.3, 0.4) is 0 Å². The van der Waals surface area contributed by atoms with Crippen molar-refractivity contribution >= 4 is 17.9 Å². The molecule has 3 N–H and O–H groups in total. The smallest absolute Gasteiger partial charge is 0.303 e. The molecule has 6 nitrogen and oxygen atoms in total. The first-order valence-corrected chi connectivity index (χ1v) is 24.0. The first-order valence-electron chi connectivity index (χ1n) is 24.0. The molecule has 0 spiro atoms. The van der Waals surface area contributed by atoms with Crippen molar-refractivity contribution in [2.75, 3.05) is 0 Å². The van der Waals surface area contributed by atoms with Crippen molar-refractivity contribution in [3.63, 3.8) is 0 Å². The van der Waals surface area contributed by atoms with Gasteiger partial charge in [0.05, 0.1) is 0 Å². The van der Waals surface area contributed by atoms with Gasteiger partial charge in [-0.1, -0.05) is 252 Å². The summed E-state index contributed by atoms with van der Waals surface area (Å²) in [6, 6.07) is 0. The zero-order valence-electron chi connectivity index (χ0n) is 37.1. The van der Waals surface area contributed by atoms with Crippen molar-refractivity contribution in [3.05, 3.63) is 0 Å². The van der Waals surface area contributed by atoms with E-state index in [4.69, 9.17) is 15.3 Å². The van der Waals surface area contributed by atoms with Crippen molar-refractivity contribution in [2.45, 2.75) is 290 Å². The standard InChI is InChI=1S/3C16H32O2.Au/c3*1-2-3-4-5-6-7-8-9-10-11-12-13-14-15-16(17)18;/h3*2-15H2,1H3,(H,17,18);. The van der Waals surface area contributed by atoms with E-state index < -0.39 is 17.9 Å². The maximum Gasteiger partial charge on any atom is 0.303 e. The van der Waals surface area contributed by atoms with Crippen LogP contribution in [0.15, 0.2) is 0 Å². The van der Waals surface area contributed by atoms with Crippen molar-refractivity contribution in [2.24, 2.45) is 0 Å². The van der Waals surface area contributed by atoms with E-state index in [9.17, 15) is 14.4 Å². The van der Waals surface area contributed by atoms with Crippen LogP contribution in [-0.2, 0) is 36.8 Å². The van der Waals surface area contributed by atoms with Crippen molar-refractivity contribution in [1.82, 2.24) is 0 Å². The van der Waals surface area contributed by atoms with Gasteiger partial charge in [-0.3, -0.25) is 14.4 Å². The Balaban J connectivity index is -0.000000351. The number of unbranched alkanes of at least 4 members (excludes halogenated alkanes) is 36. The predicted molar refractivity (Wildman–Crippen MR) is 234 cm³/mol. The summed E-state index contributed by atoms with van der Waals surface area (Å²) in [5.41, 5.74) is 0. The summed E-state index contributed by atoms with van der Waals surface area (Å²) in [5.74, 6) is -1.96. The van der Waals surface area contributed by atoms with Crippen LogP contribution < -0.4 is 0 Å². The molecule has 0 unspecified atom stereocenters. The van der Waals surface area contributed by atoms with E-state index in [1.54, 1.807) is 0 Å². The third-order valence-corrected chi connectivity index (χ3v) is 10.5. The molecule has 0 fully saturated rings. The van der Waals surface area contributed by atoms with Crippen LogP contribution in [-0.4, -0.2) is 33.2 Å². The summed E-state index contributed by atoms with van der Waals surface area (Å²) in [6.07, 6.45) is 51.8. The van der Waals surface area contributed by atoms with Gasteiger partial charge in [-0.05, 0) is 19.3 Å². The normalized spacial score (nSPS) is 10.5. The average Bonchev–Trinajstić information content (AvgIpc) is 3.14. The minimum absolute atomic E-state index is 0. The quantitative estimate of drug-likeness (QED) is 0.0415. The first kappa shape index (κ1) is 60.8. The molecule has 55 heavy (non-hydrogen) atoms. The molecule has 0 aromatic heterocycles. The van der Waals surface area contributed by atoms with Gasteiger partial charge < -0.3 is 15.3 Å². The number of hydrogen-bond acceptors (Lipinski definition) is 3. The molecule has 0 aliphatic heterocycles. The molecule has 1 radical (unpaired) electrons. The summed E-state index contributed by atoms with van der Waals surface area (Å²) in [7, 11) is 0. The van der Waals surface area contributed by atoms with E-state index in [0.717, 1.165) is 38.5 Å². The Labute approximate surface area is 358 Å². The van der Waals surface area contributed by atoms with Crippen molar-refractivity contribution in [1.29, 1.82) is 0 Å². The van der Waals surface area contributed by atoms with Gasteiger partial charge in [0.2, 0.25) is 0 Å². The number of aliphatic carboxylic acids is 3. The largest absolute Gasteiger partial charge is 0.481 e. The third-order valence-electron chi connectivity index (χ3n) is 10.5. The molecule has 0 saturated heterocycles. The van der Waals surface area contributed by atoms with Crippen LogP contribution in [0.2, 0.25) is 0 Å². The summed E-state index contributed by atoms with van der Waals surface area (Å²) in [5, 5.41) is 25.5. The molecule has 0 aliphatic rings. The number of carboxylic acid groups (broad SMARTS) is 3. The SMILES string of the molecule is CCCCCCCCCCCCCCCC(=O)O.CCCCCCCCCCCCCCCC(=O)O.CCCCCCCCCCCCCCCC(=O)O.[Au]. The molecular formula is C48H96AuO6. The van der Waals surface area contributed by atoms with E-state index in [2.05, 4.69) is 20.8 Å². The monoisotopic (exact) mass is 966 g/mol. The van der Waals surface area contributed by atoms with E-state index >= 15 is 0 Å². The van der Waals surface area contributed by atoms with Gasteiger partial charge in [-0.2, -0.15) is 0 Å². The maximum atomic E-state index is 10.3. The zero-order chi connectivity index (χ0) is 40.4. The fourth-order valence-corrected chi connectivity index (χ4v) is 6.88. The Morgan fingerprint density at radius 1 is 0.236 bits per heavy atom. The number of carboxylic acids is 3. The average molecular weight is 966 g/mol.